The van der Waals surface area contributed by atoms with Crippen molar-refractivity contribution in [1.29, 1.82) is 0 Å². The summed E-state index contributed by atoms with van der Waals surface area (Å²) in [6, 6.07) is 9.66. The van der Waals surface area contributed by atoms with Crippen molar-refractivity contribution >= 4 is 23.0 Å². The molecule has 17 heavy (non-hydrogen) atoms. The van der Waals surface area contributed by atoms with Gasteiger partial charge in [0.2, 0.25) is 0 Å². The number of halogens is 1. The summed E-state index contributed by atoms with van der Waals surface area (Å²) in [6.07, 6.45) is 3.55. The molecule has 4 heteroatoms. The molecule has 0 spiro atoms. The Morgan fingerprint density at radius 3 is 2.65 bits per heavy atom. The van der Waals surface area contributed by atoms with Crippen LogP contribution in [0.5, 0.6) is 0 Å². The number of nitrogens with one attached hydrogen (secondary N) is 1. The molecule has 2 rings (SSSR count). The van der Waals surface area contributed by atoms with Crippen LogP contribution < -0.4 is 11.1 Å². The second-order valence-electron chi connectivity index (χ2n) is 3.85. The number of rotatable bonds is 3. The molecule has 0 bridgehead atoms. The number of pyridine rings is 1. The van der Waals surface area contributed by atoms with E-state index in [1.54, 1.807) is 18.5 Å². The highest BCUT2D eigenvalue weighted by Gasteiger charge is 2.08. The Kier molecular flexibility index (Phi) is 3.49. The normalized spacial score (nSPS) is 12.1. The van der Waals surface area contributed by atoms with E-state index in [1.807, 2.05) is 24.3 Å². The van der Waals surface area contributed by atoms with E-state index in [9.17, 15) is 0 Å². The molecular weight excluding hydrogens is 234 g/mol. The highest BCUT2D eigenvalue weighted by atomic mass is 35.5. The van der Waals surface area contributed by atoms with Crippen molar-refractivity contribution in [3.8, 4) is 0 Å². The molecule has 0 aliphatic rings. The summed E-state index contributed by atoms with van der Waals surface area (Å²) < 4.78 is 0. The minimum Gasteiger partial charge on any atom is -0.396 e. The lowest BCUT2D eigenvalue weighted by Gasteiger charge is -2.17. The Morgan fingerprint density at radius 1 is 1.24 bits per heavy atom. The zero-order chi connectivity index (χ0) is 12.3. The zero-order valence-electron chi connectivity index (χ0n) is 9.52. The van der Waals surface area contributed by atoms with E-state index >= 15 is 0 Å². The predicted molar refractivity (Wildman–Crippen MR) is 72.1 cm³/mol. The average molecular weight is 248 g/mol. The van der Waals surface area contributed by atoms with Crippen LogP contribution in [0.2, 0.25) is 5.02 Å². The monoisotopic (exact) mass is 247 g/mol. The predicted octanol–water partition coefficient (Wildman–Crippen LogP) is 3.49. The fourth-order valence-electron chi connectivity index (χ4n) is 1.63. The third kappa shape index (κ3) is 2.68. The second-order valence-corrected chi connectivity index (χ2v) is 4.25. The van der Waals surface area contributed by atoms with E-state index < -0.39 is 0 Å². The van der Waals surface area contributed by atoms with Crippen LogP contribution in [-0.2, 0) is 0 Å². The van der Waals surface area contributed by atoms with Crippen LogP contribution in [0.25, 0.3) is 0 Å². The summed E-state index contributed by atoms with van der Waals surface area (Å²) in [7, 11) is 0. The van der Waals surface area contributed by atoms with Crippen LogP contribution in [0, 0.1) is 0 Å². The fraction of sp³-hybridized carbons (Fsp3) is 0.154. The molecule has 1 heterocycles. The van der Waals surface area contributed by atoms with Gasteiger partial charge in [-0.25, -0.2) is 0 Å². The molecule has 3 N–H and O–H groups in total. The number of benzene rings is 1. The Labute approximate surface area is 106 Å². The molecule has 0 saturated heterocycles. The first-order valence-corrected chi connectivity index (χ1v) is 5.76. The number of nitrogens with zero attached hydrogens (tertiary/aromatic N) is 1. The molecule has 3 nitrogen and oxygen atoms in total. The molecule has 1 aromatic carbocycles. The van der Waals surface area contributed by atoms with Gasteiger partial charge in [0, 0.05) is 18.4 Å². The summed E-state index contributed by atoms with van der Waals surface area (Å²) in [4.78, 5) is 3.99. The lowest BCUT2D eigenvalue weighted by atomic mass is 10.1. The van der Waals surface area contributed by atoms with Gasteiger partial charge in [-0.1, -0.05) is 17.7 Å². The number of nitrogen functional groups attached to an aromatic ring is 1. The Hall–Kier alpha value is -1.74. The molecule has 1 unspecified atom stereocenters. The van der Waals surface area contributed by atoms with Crippen molar-refractivity contribution in [2.45, 2.75) is 13.0 Å². The molecule has 0 fully saturated rings. The third-order valence-corrected chi connectivity index (χ3v) is 2.96. The minimum absolute atomic E-state index is 0.152. The average Bonchev–Trinajstić information content (AvgIpc) is 2.36. The number of hydrogen-bond donors (Lipinski definition) is 2. The molecule has 0 radical (unpaired) electrons. The molecular formula is C13H14ClN3. The molecule has 0 saturated carbocycles. The maximum atomic E-state index is 5.97. The van der Waals surface area contributed by atoms with Crippen LogP contribution in [0.3, 0.4) is 0 Å². The van der Waals surface area contributed by atoms with Gasteiger partial charge in [-0.05, 0) is 36.8 Å². The zero-order valence-corrected chi connectivity index (χ0v) is 10.3. The van der Waals surface area contributed by atoms with Gasteiger partial charge in [0.15, 0.2) is 0 Å². The van der Waals surface area contributed by atoms with Crippen molar-refractivity contribution in [1.82, 2.24) is 4.98 Å². The van der Waals surface area contributed by atoms with Crippen LogP contribution >= 0.6 is 11.6 Å². The smallest absolute Gasteiger partial charge is 0.0739 e. The molecule has 1 aromatic heterocycles. The fourth-order valence-corrected chi connectivity index (χ4v) is 1.81. The second kappa shape index (κ2) is 5.06. The van der Waals surface area contributed by atoms with Gasteiger partial charge in [0.1, 0.15) is 0 Å². The van der Waals surface area contributed by atoms with E-state index in [4.69, 9.17) is 17.3 Å². The minimum atomic E-state index is 0.152. The molecule has 88 valence electrons. The van der Waals surface area contributed by atoms with Crippen molar-refractivity contribution in [3.63, 3.8) is 0 Å². The largest absolute Gasteiger partial charge is 0.396 e. The number of aromatic nitrogens is 1. The van der Waals surface area contributed by atoms with Crippen molar-refractivity contribution in [3.05, 3.63) is 53.3 Å². The number of anilines is 2. The van der Waals surface area contributed by atoms with E-state index in [0.717, 1.165) is 11.3 Å². The summed E-state index contributed by atoms with van der Waals surface area (Å²) in [5.74, 6) is 0. The SMILES string of the molecule is CC(Nc1cccc(Cl)c1N)c1ccncc1. The quantitative estimate of drug-likeness (QED) is 0.817. The summed E-state index contributed by atoms with van der Waals surface area (Å²) >= 11 is 5.97. The summed E-state index contributed by atoms with van der Waals surface area (Å²) in [5, 5.41) is 3.90. The Balaban J connectivity index is 2.19. The van der Waals surface area contributed by atoms with Crippen LogP contribution in [0.4, 0.5) is 11.4 Å². The van der Waals surface area contributed by atoms with E-state index in [-0.39, 0.29) is 6.04 Å². The van der Waals surface area contributed by atoms with Gasteiger partial charge in [0.05, 0.1) is 16.4 Å². The summed E-state index contributed by atoms with van der Waals surface area (Å²) in [5.41, 5.74) is 8.48. The molecule has 2 aromatic rings. The maximum absolute atomic E-state index is 5.97. The standard InChI is InChI=1S/C13H14ClN3/c1-9(10-5-7-16-8-6-10)17-12-4-2-3-11(14)13(12)15/h2-9,17H,15H2,1H3. The topological polar surface area (TPSA) is 50.9 Å². The highest BCUT2D eigenvalue weighted by Crippen LogP contribution is 2.29. The van der Waals surface area contributed by atoms with Crippen LogP contribution in [0.1, 0.15) is 18.5 Å². The van der Waals surface area contributed by atoms with Crippen molar-refractivity contribution in [2.75, 3.05) is 11.1 Å². The lowest BCUT2D eigenvalue weighted by Crippen LogP contribution is -2.08. The Bertz CT molecular complexity index is 499. The van der Waals surface area contributed by atoms with Gasteiger partial charge >= 0.3 is 0 Å². The van der Waals surface area contributed by atoms with Gasteiger partial charge < -0.3 is 11.1 Å². The lowest BCUT2D eigenvalue weighted by molar-refractivity contribution is 0.881. The van der Waals surface area contributed by atoms with E-state index in [2.05, 4.69) is 17.2 Å². The number of para-hydroxylation sites is 1. The van der Waals surface area contributed by atoms with Crippen LogP contribution in [0.15, 0.2) is 42.7 Å². The summed E-state index contributed by atoms with van der Waals surface area (Å²) in [6.45, 7) is 2.07. The van der Waals surface area contributed by atoms with Gasteiger partial charge in [-0.15, -0.1) is 0 Å². The van der Waals surface area contributed by atoms with E-state index in [1.165, 1.54) is 0 Å². The van der Waals surface area contributed by atoms with Crippen LogP contribution in [-0.4, -0.2) is 4.98 Å². The molecule has 0 aliphatic heterocycles. The van der Waals surface area contributed by atoms with E-state index in [0.29, 0.717) is 10.7 Å². The maximum Gasteiger partial charge on any atom is 0.0739 e. The first kappa shape index (κ1) is 11.7. The van der Waals surface area contributed by atoms with Gasteiger partial charge in [-0.2, -0.15) is 0 Å². The number of hydrogen-bond acceptors (Lipinski definition) is 3. The Morgan fingerprint density at radius 2 is 1.94 bits per heavy atom. The van der Waals surface area contributed by atoms with Gasteiger partial charge in [0.25, 0.3) is 0 Å². The molecule has 0 aliphatic carbocycles. The first-order valence-electron chi connectivity index (χ1n) is 5.39. The molecule has 1 atom stereocenters. The highest BCUT2D eigenvalue weighted by molar-refractivity contribution is 6.33. The van der Waals surface area contributed by atoms with Crippen molar-refractivity contribution in [2.24, 2.45) is 0 Å². The number of nitrogens with two attached hydrogens (primary N) is 1. The van der Waals surface area contributed by atoms with Gasteiger partial charge in [-0.3, -0.25) is 4.98 Å². The third-order valence-electron chi connectivity index (χ3n) is 2.63. The molecule has 0 amide bonds. The first-order chi connectivity index (χ1) is 8.18. The van der Waals surface area contributed by atoms with Crippen molar-refractivity contribution < 1.29 is 0 Å².